The maximum atomic E-state index is 12.2. The van der Waals surface area contributed by atoms with Crippen LogP contribution in [0.4, 0.5) is 0 Å². The van der Waals surface area contributed by atoms with Gasteiger partial charge in [-0.3, -0.25) is 9.59 Å². The van der Waals surface area contributed by atoms with Crippen molar-refractivity contribution < 1.29 is 28.5 Å². The highest BCUT2D eigenvalue weighted by molar-refractivity contribution is 5.52. The van der Waals surface area contributed by atoms with Gasteiger partial charge < -0.3 is 28.5 Å². The molecule has 3 aromatic rings. The molecule has 1 aromatic carbocycles. The number of rotatable bonds is 5. The van der Waals surface area contributed by atoms with Gasteiger partial charge in [-0.2, -0.15) is 0 Å². The summed E-state index contributed by atoms with van der Waals surface area (Å²) in [5.74, 6) is -1.59. The van der Waals surface area contributed by atoms with Crippen LogP contribution < -0.4 is 20.3 Å². The summed E-state index contributed by atoms with van der Waals surface area (Å²) in [7, 11) is 2.91. The molecule has 0 aliphatic heterocycles. The van der Waals surface area contributed by atoms with Crippen molar-refractivity contribution in [3.8, 4) is 23.0 Å². The van der Waals surface area contributed by atoms with E-state index >= 15 is 0 Å². The average molecular weight is 400 g/mol. The Kier molecular flexibility index (Phi) is 5.36. The van der Waals surface area contributed by atoms with Crippen molar-refractivity contribution >= 4 is 0 Å². The van der Waals surface area contributed by atoms with Crippen molar-refractivity contribution in [3.05, 3.63) is 79.4 Å². The van der Waals surface area contributed by atoms with Crippen LogP contribution in [-0.2, 0) is 0 Å². The molecule has 0 fully saturated rings. The lowest BCUT2D eigenvalue weighted by Gasteiger charge is -2.21. The van der Waals surface area contributed by atoms with Gasteiger partial charge in [-0.15, -0.1) is 0 Å². The van der Waals surface area contributed by atoms with Crippen molar-refractivity contribution in [2.24, 2.45) is 0 Å². The average Bonchev–Trinajstić information content (AvgIpc) is 2.69. The SMILES string of the molecule is COc1ccc(C(c2oc(C)cc(=O)c2O)c2oc(C)cc(=O)c2O)c(OC)c1. The minimum Gasteiger partial charge on any atom is -0.502 e. The first-order valence-corrected chi connectivity index (χ1v) is 8.66. The van der Waals surface area contributed by atoms with Crippen LogP contribution in [0.5, 0.6) is 23.0 Å². The molecule has 0 bridgehead atoms. The second-order valence-electron chi connectivity index (χ2n) is 6.41. The third-order valence-electron chi connectivity index (χ3n) is 4.42. The molecule has 0 spiro atoms. The first kappa shape index (κ1) is 20.1. The Hall–Kier alpha value is -3.68. The van der Waals surface area contributed by atoms with E-state index in [4.69, 9.17) is 18.3 Å². The highest BCUT2D eigenvalue weighted by Crippen LogP contribution is 2.43. The molecule has 2 aromatic heterocycles. The largest absolute Gasteiger partial charge is 0.502 e. The molecule has 8 nitrogen and oxygen atoms in total. The van der Waals surface area contributed by atoms with Gasteiger partial charge in [-0.05, 0) is 19.9 Å². The Morgan fingerprint density at radius 1 is 0.828 bits per heavy atom. The van der Waals surface area contributed by atoms with Crippen LogP contribution in [0.2, 0.25) is 0 Å². The van der Waals surface area contributed by atoms with Gasteiger partial charge in [0.2, 0.25) is 22.4 Å². The van der Waals surface area contributed by atoms with Crippen molar-refractivity contribution in [1.82, 2.24) is 0 Å². The van der Waals surface area contributed by atoms with Crippen LogP contribution >= 0.6 is 0 Å². The van der Waals surface area contributed by atoms with Gasteiger partial charge >= 0.3 is 0 Å². The van der Waals surface area contributed by atoms with Gasteiger partial charge in [0.25, 0.3) is 0 Å². The highest BCUT2D eigenvalue weighted by Gasteiger charge is 2.33. The van der Waals surface area contributed by atoms with Crippen molar-refractivity contribution in [1.29, 1.82) is 0 Å². The molecular weight excluding hydrogens is 380 g/mol. The van der Waals surface area contributed by atoms with Crippen LogP contribution in [0.15, 0.2) is 48.8 Å². The molecule has 3 rings (SSSR count). The number of methoxy groups -OCH3 is 2. The smallest absolute Gasteiger partial charge is 0.227 e. The lowest BCUT2D eigenvalue weighted by Crippen LogP contribution is -2.14. The number of aromatic hydroxyl groups is 2. The van der Waals surface area contributed by atoms with E-state index < -0.39 is 28.3 Å². The third-order valence-corrected chi connectivity index (χ3v) is 4.42. The van der Waals surface area contributed by atoms with E-state index in [1.165, 1.54) is 14.2 Å². The zero-order valence-corrected chi connectivity index (χ0v) is 16.3. The molecule has 0 aliphatic carbocycles. The lowest BCUT2D eigenvalue weighted by molar-refractivity contribution is 0.339. The van der Waals surface area contributed by atoms with E-state index in [0.717, 1.165) is 12.1 Å². The molecule has 0 unspecified atom stereocenters. The Morgan fingerprint density at radius 2 is 1.34 bits per heavy atom. The summed E-state index contributed by atoms with van der Waals surface area (Å²) in [4.78, 5) is 24.4. The summed E-state index contributed by atoms with van der Waals surface area (Å²) >= 11 is 0. The third kappa shape index (κ3) is 3.69. The van der Waals surface area contributed by atoms with E-state index in [1.54, 1.807) is 32.0 Å². The minimum absolute atomic E-state index is 0.192. The summed E-state index contributed by atoms with van der Waals surface area (Å²) in [5, 5.41) is 20.9. The molecule has 0 saturated carbocycles. The van der Waals surface area contributed by atoms with Crippen LogP contribution in [0, 0.1) is 13.8 Å². The number of ether oxygens (including phenoxy) is 2. The summed E-state index contributed by atoms with van der Waals surface area (Å²) in [5.41, 5.74) is -0.965. The summed E-state index contributed by atoms with van der Waals surface area (Å²) in [6, 6.07) is 7.08. The van der Waals surface area contributed by atoms with Gasteiger partial charge in [0.1, 0.15) is 28.9 Å². The van der Waals surface area contributed by atoms with Crippen molar-refractivity contribution in [2.75, 3.05) is 14.2 Å². The van der Waals surface area contributed by atoms with E-state index in [2.05, 4.69) is 0 Å². The second kappa shape index (κ2) is 7.75. The molecule has 29 heavy (non-hydrogen) atoms. The van der Waals surface area contributed by atoms with Crippen LogP contribution in [0.3, 0.4) is 0 Å². The molecule has 2 heterocycles. The predicted molar refractivity (Wildman–Crippen MR) is 103 cm³/mol. The van der Waals surface area contributed by atoms with E-state index in [9.17, 15) is 19.8 Å². The van der Waals surface area contributed by atoms with Crippen LogP contribution in [-0.4, -0.2) is 24.4 Å². The Balaban J connectivity index is 2.42. The normalized spacial score (nSPS) is 10.9. The summed E-state index contributed by atoms with van der Waals surface area (Å²) in [6.45, 7) is 3.08. The lowest BCUT2D eigenvalue weighted by atomic mass is 9.91. The minimum atomic E-state index is -1.14. The van der Waals surface area contributed by atoms with Gasteiger partial charge in [0.05, 0.1) is 14.2 Å². The molecule has 0 saturated heterocycles. The predicted octanol–water partition coefficient (Wildman–Crippen LogP) is 2.82. The Bertz CT molecular complexity index is 1110. The van der Waals surface area contributed by atoms with Crippen LogP contribution in [0.1, 0.15) is 34.5 Å². The second-order valence-corrected chi connectivity index (χ2v) is 6.41. The van der Waals surface area contributed by atoms with Crippen LogP contribution in [0.25, 0.3) is 0 Å². The van der Waals surface area contributed by atoms with E-state index in [1.807, 2.05) is 0 Å². The maximum absolute atomic E-state index is 12.2. The summed E-state index contributed by atoms with van der Waals surface area (Å²) < 4.78 is 21.9. The number of aryl methyl sites for hydroxylation is 2. The molecule has 0 aliphatic rings. The number of benzene rings is 1. The fourth-order valence-corrected chi connectivity index (χ4v) is 3.10. The van der Waals surface area contributed by atoms with Gasteiger partial charge in [-0.1, -0.05) is 6.07 Å². The standard InChI is InChI=1S/C21H20O8/c1-10-7-14(22)18(24)20(28-10)17(21-19(25)15(23)8-11(2)29-21)13-6-5-12(26-3)9-16(13)27-4/h5-9,17,24-25H,1-4H3. The number of hydrogen-bond donors (Lipinski definition) is 2. The first-order valence-electron chi connectivity index (χ1n) is 8.66. The summed E-state index contributed by atoms with van der Waals surface area (Å²) in [6.07, 6.45) is 0. The van der Waals surface area contributed by atoms with Gasteiger partial charge in [0, 0.05) is 23.8 Å². The monoisotopic (exact) mass is 400 g/mol. The Morgan fingerprint density at radius 3 is 1.79 bits per heavy atom. The molecular formula is C21H20O8. The molecule has 0 radical (unpaired) electrons. The van der Waals surface area contributed by atoms with Crippen molar-refractivity contribution in [3.63, 3.8) is 0 Å². The fourth-order valence-electron chi connectivity index (χ4n) is 3.10. The molecule has 2 N–H and O–H groups in total. The van der Waals surface area contributed by atoms with Crippen molar-refractivity contribution in [2.45, 2.75) is 19.8 Å². The van der Waals surface area contributed by atoms with E-state index in [-0.39, 0.29) is 23.0 Å². The zero-order valence-electron chi connectivity index (χ0n) is 16.3. The molecule has 152 valence electrons. The zero-order chi connectivity index (χ0) is 21.3. The first-order chi connectivity index (χ1) is 13.8. The van der Waals surface area contributed by atoms with E-state index in [0.29, 0.717) is 17.1 Å². The fraction of sp³-hybridized carbons (Fsp3) is 0.238. The van der Waals surface area contributed by atoms with Gasteiger partial charge in [-0.25, -0.2) is 0 Å². The topological polar surface area (TPSA) is 119 Å². The van der Waals surface area contributed by atoms with Gasteiger partial charge in [0.15, 0.2) is 11.5 Å². The number of hydrogen-bond acceptors (Lipinski definition) is 8. The Labute approximate surface area is 165 Å². The molecule has 8 heteroatoms. The highest BCUT2D eigenvalue weighted by atomic mass is 16.5. The quantitative estimate of drug-likeness (QED) is 0.671. The maximum Gasteiger partial charge on any atom is 0.227 e. The molecule has 0 atom stereocenters. The molecule has 0 amide bonds.